The largest absolute Gasteiger partial charge is 0.496 e. The molecule has 0 heterocycles. The Bertz CT molecular complexity index is 433. The summed E-state index contributed by atoms with van der Waals surface area (Å²) < 4.78 is 43.0. The van der Waals surface area contributed by atoms with E-state index in [-0.39, 0.29) is 12.6 Å². The minimum absolute atomic E-state index is 0.175. The van der Waals surface area contributed by atoms with Crippen molar-refractivity contribution >= 4 is 0 Å². The third kappa shape index (κ3) is 5.02. The lowest BCUT2D eigenvalue weighted by Crippen LogP contribution is -2.38. The molecule has 0 amide bonds. The van der Waals surface area contributed by atoms with E-state index in [9.17, 15) is 13.2 Å². The average molecular weight is 290 g/mol. The van der Waals surface area contributed by atoms with Gasteiger partial charge in [-0.15, -0.1) is 0 Å². The van der Waals surface area contributed by atoms with Crippen LogP contribution in [-0.4, -0.2) is 30.8 Å². The summed E-state index contributed by atoms with van der Waals surface area (Å²) in [6.07, 6.45) is -4.22. The van der Waals surface area contributed by atoms with Crippen LogP contribution in [0.15, 0.2) is 18.2 Å². The van der Waals surface area contributed by atoms with Gasteiger partial charge >= 0.3 is 6.18 Å². The number of ether oxygens (including phenoxy) is 1. The third-order valence-electron chi connectivity index (χ3n) is 3.07. The van der Waals surface area contributed by atoms with E-state index in [2.05, 4.69) is 0 Å². The summed E-state index contributed by atoms with van der Waals surface area (Å²) in [5.41, 5.74) is 7.16. The minimum Gasteiger partial charge on any atom is -0.496 e. The quantitative estimate of drug-likeness (QED) is 0.875. The van der Waals surface area contributed by atoms with Crippen molar-refractivity contribution in [1.82, 2.24) is 4.90 Å². The van der Waals surface area contributed by atoms with Gasteiger partial charge in [-0.2, -0.15) is 13.2 Å². The zero-order valence-electron chi connectivity index (χ0n) is 12.0. The summed E-state index contributed by atoms with van der Waals surface area (Å²) in [4.78, 5) is 1.36. The molecule has 0 spiro atoms. The van der Waals surface area contributed by atoms with Gasteiger partial charge in [0.2, 0.25) is 0 Å². The molecule has 0 aliphatic carbocycles. The number of nitrogens with two attached hydrogens (primary N) is 1. The van der Waals surface area contributed by atoms with Crippen LogP contribution >= 0.6 is 0 Å². The van der Waals surface area contributed by atoms with Gasteiger partial charge in [-0.05, 0) is 31.5 Å². The fraction of sp³-hybridized carbons (Fsp3) is 0.571. The van der Waals surface area contributed by atoms with E-state index >= 15 is 0 Å². The number of hydrogen-bond acceptors (Lipinski definition) is 3. The van der Waals surface area contributed by atoms with Gasteiger partial charge < -0.3 is 10.5 Å². The molecular weight excluding hydrogens is 269 g/mol. The second kappa shape index (κ2) is 6.95. The van der Waals surface area contributed by atoms with E-state index in [0.717, 1.165) is 5.56 Å². The predicted octanol–water partition coefficient (Wildman–Crippen LogP) is 2.93. The Morgan fingerprint density at radius 3 is 2.40 bits per heavy atom. The van der Waals surface area contributed by atoms with Gasteiger partial charge in [-0.1, -0.05) is 6.07 Å². The Morgan fingerprint density at radius 2 is 1.95 bits per heavy atom. The van der Waals surface area contributed by atoms with Gasteiger partial charge in [0.05, 0.1) is 13.7 Å². The van der Waals surface area contributed by atoms with Crippen LogP contribution in [0.4, 0.5) is 13.2 Å². The molecular formula is C14H21F3N2O. The zero-order chi connectivity index (χ0) is 15.3. The second-order valence-corrected chi connectivity index (χ2v) is 4.96. The Hall–Kier alpha value is -1.27. The first-order chi connectivity index (χ1) is 9.26. The fourth-order valence-electron chi connectivity index (χ4n) is 1.95. The molecule has 3 nitrogen and oxygen atoms in total. The molecule has 114 valence electrons. The van der Waals surface area contributed by atoms with Crippen molar-refractivity contribution in [3.63, 3.8) is 0 Å². The molecule has 20 heavy (non-hydrogen) atoms. The molecule has 0 radical (unpaired) electrons. The number of benzene rings is 1. The standard InChI is InChI=1S/C14H21F3N2O/c1-10(2)19(9-14(15,16)17)8-12-6-11(7-18)4-5-13(12)20-3/h4-6,10H,7-9,18H2,1-3H3. The molecule has 0 saturated carbocycles. The highest BCUT2D eigenvalue weighted by molar-refractivity contribution is 5.37. The number of halogens is 3. The minimum atomic E-state index is -4.22. The Labute approximate surface area is 117 Å². The maximum atomic E-state index is 12.6. The van der Waals surface area contributed by atoms with Crippen LogP contribution < -0.4 is 10.5 Å². The molecule has 0 unspecified atom stereocenters. The lowest BCUT2D eigenvalue weighted by molar-refractivity contribution is -0.150. The van der Waals surface area contributed by atoms with Gasteiger partial charge in [0.15, 0.2) is 0 Å². The maximum Gasteiger partial charge on any atom is 0.401 e. The van der Waals surface area contributed by atoms with E-state index in [4.69, 9.17) is 10.5 Å². The normalized spacial score (nSPS) is 12.2. The van der Waals surface area contributed by atoms with Crippen LogP contribution in [0.5, 0.6) is 5.75 Å². The first-order valence-electron chi connectivity index (χ1n) is 6.43. The van der Waals surface area contributed by atoms with Crippen molar-refractivity contribution in [2.75, 3.05) is 13.7 Å². The van der Waals surface area contributed by atoms with Gasteiger partial charge in [-0.3, -0.25) is 4.90 Å². The molecule has 0 aliphatic rings. The third-order valence-corrected chi connectivity index (χ3v) is 3.07. The number of methoxy groups -OCH3 is 1. The van der Waals surface area contributed by atoms with E-state index in [1.165, 1.54) is 12.0 Å². The molecule has 0 bridgehead atoms. The van der Waals surface area contributed by atoms with Crippen LogP contribution in [0.25, 0.3) is 0 Å². The van der Waals surface area contributed by atoms with Crippen LogP contribution in [0, 0.1) is 0 Å². The Kier molecular flexibility index (Phi) is 5.83. The monoisotopic (exact) mass is 290 g/mol. The predicted molar refractivity (Wildman–Crippen MR) is 72.5 cm³/mol. The highest BCUT2D eigenvalue weighted by atomic mass is 19.4. The topological polar surface area (TPSA) is 38.5 Å². The first-order valence-corrected chi connectivity index (χ1v) is 6.43. The van der Waals surface area contributed by atoms with Crippen molar-refractivity contribution in [2.45, 2.75) is 39.2 Å². The Balaban J connectivity index is 2.97. The smallest absolute Gasteiger partial charge is 0.401 e. The molecule has 1 rings (SSSR count). The van der Waals surface area contributed by atoms with E-state index < -0.39 is 12.7 Å². The maximum absolute atomic E-state index is 12.6. The number of nitrogens with zero attached hydrogens (tertiary/aromatic N) is 1. The fourth-order valence-corrected chi connectivity index (χ4v) is 1.95. The second-order valence-electron chi connectivity index (χ2n) is 4.96. The molecule has 6 heteroatoms. The number of hydrogen-bond donors (Lipinski definition) is 1. The van der Waals surface area contributed by atoms with Gasteiger partial charge in [-0.25, -0.2) is 0 Å². The van der Waals surface area contributed by atoms with Crippen LogP contribution in [-0.2, 0) is 13.1 Å². The molecule has 0 fully saturated rings. The lowest BCUT2D eigenvalue weighted by atomic mass is 10.1. The molecule has 1 aromatic rings. The SMILES string of the molecule is COc1ccc(CN)cc1CN(CC(F)(F)F)C(C)C. The molecule has 2 N–H and O–H groups in total. The molecule has 0 atom stereocenters. The van der Waals surface area contributed by atoms with E-state index in [1.807, 2.05) is 6.07 Å². The highest BCUT2D eigenvalue weighted by Gasteiger charge is 2.32. The number of rotatable bonds is 6. The summed E-state index contributed by atoms with van der Waals surface area (Å²) in [7, 11) is 1.50. The molecule has 0 saturated heterocycles. The first kappa shape index (κ1) is 16.8. The molecule has 0 aromatic heterocycles. The van der Waals surface area contributed by atoms with Crippen LogP contribution in [0.3, 0.4) is 0 Å². The van der Waals surface area contributed by atoms with Gasteiger partial charge in [0.25, 0.3) is 0 Å². The summed E-state index contributed by atoms with van der Waals surface area (Å²) >= 11 is 0. The van der Waals surface area contributed by atoms with Crippen molar-refractivity contribution in [3.8, 4) is 5.75 Å². The van der Waals surface area contributed by atoms with Crippen molar-refractivity contribution in [3.05, 3.63) is 29.3 Å². The van der Waals surface area contributed by atoms with Gasteiger partial charge in [0, 0.05) is 24.7 Å². The summed E-state index contributed by atoms with van der Waals surface area (Å²) in [5.74, 6) is 0.579. The summed E-state index contributed by atoms with van der Waals surface area (Å²) in [5, 5.41) is 0. The van der Waals surface area contributed by atoms with Crippen LogP contribution in [0.1, 0.15) is 25.0 Å². The van der Waals surface area contributed by atoms with Crippen molar-refractivity contribution < 1.29 is 17.9 Å². The van der Waals surface area contributed by atoms with E-state index in [0.29, 0.717) is 17.9 Å². The average Bonchev–Trinajstić information content (AvgIpc) is 2.36. The Morgan fingerprint density at radius 1 is 1.30 bits per heavy atom. The summed E-state index contributed by atoms with van der Waals surface area (Å²) in [6.45, 7) is 3.06. The van der Waals surface area contributed by atoms with Crippen molar-refractivity contribution in [1.29, 1.82) is 0 Å². The molecule has 0 aliphatic heterocycles. The van der Waals surface area contributed by atoms with Crippen LogP contribution in [0.2, 0.25) is 0 Å². The van der Waals surface area contributed by atoms with Gasteiger partial charge in [0.1, 0.15) is 5.75 Å². The lowest BCUT2D eigenvalue weighted by Gasteiger charge is -2.28. The van der Waals surface area contributed by atoms with E-state index in [1.54, 1.807) is 26.0 Å². The molecule has 1 aromatic carbocycles. The van der Waals surface area contributed by atoms with Crippen molar-refractivity contribution in [2.24, 2.45) is 5.73 Å². The zero-order valence-corrected chi connectivity index (χ0v) is 12.0. The number of alkyl halides is 3. The highest BCUT2D eigenvalue weighted by Crippen LogP contribution is 2.25. The summed E-state index contributed by atoms with van der Waals surface area (Å²) in [6, 6.07) is 5.13.